The van der Waals surface area contributed by atoms with Crippen LogP contribution in [0.5, 0.6) is 0 Å². The highest BCUT2D eigenvalue weighted by Gasteiger charge is 2.22. The Hall–Kier alpha value is -0.220. The number of aliphatic carboxylic acids is 1. The van der Waals surface area contributed by atoms with E-state index >= 15 is 0 Å². The van der Waals surface area contributed by atoms with Gasteiger partial charge in [-0.2, -0.15) is 11.8 Å². The maximum atomic E-state index is 11.1. The van der Waals surface area contributed by atoms with Crippen molar-refractivity contribution in [2.75, 3.05) is 11.5 Å². The van der Waals surface area contributed by atoms with Gasteiger partial charge in [-0.25, -0.2) is 0 Å². The van der Waals surface area contributed by atoms with Crippen LogP contribution in [0.15, 0.2) is 0 Å². The van der Waals surface area contributed by atoms with E-state index in [1.54, 1.807) is 0 Å². The second kappa shape index (κ2) is 7.96. The topological polar surface area (TPSA) is 49.3 Å². The van der Waals surface area contributed by atoms with Crippen molar-refractivity contribution >= 4 is 17.7 Å². The van der Waals surface area contributed by atoms with Gasteiger partial charge in [-0.3, -0.25) is 4.79 Å². The first-order valence-electron chi connectivity index (χ1n) is 6.30. The van der Waals surface area contributed by atoms with Crippen molar-refractivity contribution in [3.05, 3.63) is 0 Å². The summed E-state index contributed by atoms with van der Waals surface area (Å²) in [5, 5.41) is 12.4. The number of carboxylic acids is 1. The van der Waals surface area contributed by atoms with Gasteiger partial charge in [0.15, 0.2) is 0 Å². The highest BCUT2D eigenvalue weighted by atomic mass is 32.2. The maximum absolute atomic E-state index is 11.1. The third-order valence-corrected chi connectivity index (χ3v) is 4.03. The quantitative estimate of drug-likeness (QED) is 0.677. The van der Waals surface area contributed by atoms with E-state index in [9.17, 15) is 4.79 Å². The molecule has 1 unspecified atom stereocenters. The second-order valence-corrected chi connectivity index (χ2v) is 5.77. The van der Waals surface area contributed by atoms with Gasteiger partial charge in [0.2, 0.25) is 0 Å². The molecule has 4 heteroatoms. The zero-order valence-corrected chi connectivity index (χ0v) is 10.9. The Labute approximate surface area is 102 Å². The molecule has 1 rings (SSSR count). The van der Waals surface area contributed by atoms with Gasteiger partial charge >= 0.3 is 5.97 Å². The third-order valence-electron chi connectivity index (χ3n) is 3.10. The Morgan fingerprint density at radius 3 is 2.69 bits per heavy atom. The summed E-state index contributed by atoms with van der Waals surface area (Å²) in [5.74, 6) is 1.31. The summed E-state index contributed by atoms with van der Waals surface area (Å²) in [7, 11) is 0. The van der Waals surface area contributed by atoms with Gasteiger partial charge in [0, 0.05) is 6.04 Å². The Kier molecular flexibility index (Phi) is 6.88. The molecule has 0 aromatic rings. The molecule has 1 aliphatic carbocycles. The van der Waals surface area contributed by atoms with Crippen LogP contribution in [0.1, 0.15) is 45.4 Å². The fraction of sp³-hybridized carbons (Fsp3) is 0.917. The maximum Gasteiger partial charge on any atom is 0.320 e. The smallest absolute Gasteiger partial charge is 0.320 e. The molecular formula is C12H23NO2S. The van der Waals surface area contributed by atoms with Crippen LogP contribution in [-0.2, 0) is 4.79 Å². The van der Waals surface area contributed by atoms with Crippen LogP contribution in [0.25, 0.3) is 0 Å². The number of carbonyl (C=O) groups is 1. The molecule has 3 nitrogen and oxygen atoms in total. The summed E-state index contributed by atoms with van der Waals surface area (Å²) in [5.41, 5.74) is 0. The number of thioether (sulfide) groups is 1. The molecule has 0 aromatic carbocycles. The number of rotatable bonds is 7. The Morgan fingerprint density at radius 2 is 2.12 bits per heavy atom. The molecule has 0 saturated heterocycles. The summed E-state index contributed by atoms with van der Waals surface area (Å²) in [4.78, 5) is 11.1. The number of hydrogen-bond acceptors (Lipinski definition) is 3. The summed E-state index contributed by atoms with van der Waals surface area (Å²) < 4.78 is 0. The van der Waals surface area contributed by atoms with Crippen molar-refractivity contribution in [3.8, 4) is 0 Å². The third kappa shape index (κ3) is 5.21. The van der Waals surface area contributed by atoms with E-state index in [0.29, 0.717) is 6.04 Å². The zero-order valence-electron chi connectivity index (χ0n) is 10.1. The Bertz CT molecular complexity index is 205. The van der Waals surface area contributed by atoms with Crippen molar-refractivity contribution < 1.29 is 9.90 Å². The average Bonchev–Trinajstić information content (AvgIpc) is 2.29. The summed E-state index contributed by atoms with van der Waals surface area (Å²) in [6.07, 6.45) is 6.82. The highest BCUT2D eigenvalue weighted by molar-refractivity contribution is 7.99. The Balaban J connectivity index is 2.28. The minimum atomic E-state index is -0.692. The van der Waals surface area contributed by atoms with E-state index in [1.165, 1.54) is 19.3 Å². The summed E-state index contributed by atoms with van der Waals surface area (Å²) in [6.45, 7) is 2.11. The predicted molar refractivity (Wildman–Crippen MR) is 69.0 cm³/mol. The molecule has 1 saturated carbocycles. The van der Waals surface area contributed by atoms with Crippen LogP contribution in [0.4, 0.5) is 0 Å². The summed E-state index contributed by atoms with van der Waals surface area (Å²) in [6, 6.07) is 0.0867. The molecule has 0 aromatic heterocycles. The normalized spacial score (nSPS) is 19.6. The van der Waals surface area contributed by atoms with Crippen molar-refractivity contribution in [2.45, 2.75) is 57.5 Å². The fourth-order valence-corrected chi connectivity index (χ4v) is 2.87. The number of hydrogen-bond donors (Lipinski definition) is 2. The van der Waals surface area contributed by atoms with Gasteiger partial charge < -0.3 is 10.4 Å². The molecule has 0 spiro atoms. The molecule has 0 bridgehead atoms. The van der Waals surface area contributed by atoms with E-state index < -0.39 is 5.97 Å². The van der Waals surface area contributed by atoms with E-state index in [0.717, 1.165) is 30.8 Å². The van der Waals surface area contributed by atoms with Gasteiger partial charge in [0.25, 0.3) is 0 Å². The average molecular weight is 245 g/mol. The lowest BCUT2D eigenvalue weighted by Crippen LogP contribution is -2.44. The summed E-state index contributed by atoms with van der Waals surface area (Å²) >= 11 is 1.81. The molecule has 94 valence electrons. The fourth-order valence-electron chi connectivity index (χ4n) is 2.18. The SMILES string of the molecule is CCSCCC(NC1CCCCC1)C(=O)O. The van der Waals surface area contributed by atoms with Crippen LogP contribution in [0.2, 0.25) is 0 Å². The minimum Gasteiger partial charge on any atom is -0.480 e. The van der Waals surface area contributed by atoms with Crippen LogP contribution < -0.4 is 5.32 Å². The highest BCUT2D eigenvalue weighted by Crippen LogP contribution is 2.18. The molecule has 0 heterocycles. The van der Waals surface area contributed by atoms with E-state index in [1.807, 2.05) is 11.8 Å². The lowest BCUT2D eigenvalue weighted by molar-refractivity contribution is -0.139. The first kappa shape index (κ1) is 13.8. The first-order chi connectivity index (χ1) is 7.74. The predicted octanol–water partition coefficient (Wildman–Crippen LogP) is 2.51. The van der Waals surface area contributed by atoms with Gasteiger partial charge in [-0.15, -0.1) is 0 Å². The van der Waals surface area contributed by atoms with Crippen LogP contribution >= 0.6 is 11.8 Å². The molecule has 0 aliphatic heterocycles. The molecular weight excluding hydrogens is 222 g/mol. The van der Waals surface area contributed by atoms with Crippen LogP contribution in [0.3, 0.4) is 0 Å². The monoisotopic (exact) mass is 245 g/mol. The standard InChI is InChI=1S/C12H23NO2S/c1-2-16-9-8-11(12(14)15)13-10-6-4-3-5-7-10/h10-11,13H,2-9H2,1H3,(H,14,15). The molecule has 16 heavy (non-hydrogen) atoms. The first-order valence-corrected chi connectivity index (χ1v) is 7.46. The van der Waals surface area contributed by atoms with E-state index in [4.69, 9.17) is 5.11 Å². The second-order valence-electron chi connectivity index (χ2n) is 4.38. The van der Waals surface area contributed by atoms with Gasteiger partial charge in [0.1, 0.15) is 6.04 Å². The number of carboxylic acid groups (broad SMARTS) is 1. The number of nitrogens with one attached hydrogen (secondary N) is 1. The molecule has 1 aliphatic rings. The van der Waals surface area contributed by atoms with Crippen molar-refractivity contribution in [1.29, 1.82) is 0 Å². The van der Waals surface area contributed by atoms with E-state index in [2.05, 4.69) is 12.2 Å². The van der Waals surface area contributed by atoms with Gasteiger partial charge in [-0.05, 0) is 30.8 Å². The van der Waals surface area contributed by atoms with Gasteiger partial charge in [0.05, 0.1) is 0 Å². The van der Waals surface area contributed by atoms with Gasteiger partial charge in [-0.1, -0.05) is 26.2 Å². The van der Waals surface area contributed by atoms with E-state index in [-0.39, 0.29) is 6.04 Å². The Morgan fingerprint density at radius 1 is 1.44 bits per heavy atom. The zero-order chi connectivity index (χ0) is 11.8. The lowest BCUT2D eigenvalue weighted by Gasteiger charge is -2.26. The molecule has 1 fully saturated rings. The van der Waals surface area contributed by atoms with Crippen LogP contribution in [-0.4, -0.2) is 34.7 Å². The van der Waals surface area contributed by atoms with Crippen LogP contribution in [0, 0.1) is 0 Å². The largest absolute Gasteiger partial charge is 0.480 e. The van der Waals surface area contributed by atoms with Crippen molar-refractivity contribution in [3.63, 3.8) is 0 Å². The van der Waals surface area contributed by atoms with Crippen molar-refractivity contribution in [2.24, 2.45) is 0 Å². The molecule has 0 radical (unpaired) electrons. The molecule has 0 amide bonds. The molecule has 2 N–H and O–H groups in total. The minimum absolute atomic E-state index is 0.345. The lowest BCUT2D eigenvalue weighted by atomic mass is 9.94. The van der Waals surface area contributed by atoms with Crippen molar-refractivity contribution in [1.82, 2.24) is 5.32 Å². The molecule has 1 atom stereocenters.